The Balaban J connectivity index is 1.79. The minimum absolute atomic E-state index is 0.0244. The van der Waals surface area contributed by atoms with Crippen LogP contribution in [0.3, 0.4) is 0 Å². The molecule has 0 aliphatic carbocycles. The van der Waals surface area contributed by atoms with Crippen LogP contribution in [0, 0.1) is 0 Å². The van der Waals surface area contributed by atoms with Gasteiger partial charge in [0.05, 0.1) is 0 Å². The first-order valence-electron chi connectivity index (χ1n) is 8.90. The standard InChI is InChI=1S/C20H26N4O2/c21-14-7-2-1-6-13-19(25)22-17-11-8-12-18(15-17)24-20(26)23-16-9-4-3-5-10-16/h3-5,8-12,15H,1-2,6-7,13-14,21H2,(H,22,25)(H2,23,24,26). The minimum atomic E-state index is -0.334. The van der Waals surface area contributed by atoms with E-state index in [0.717, 1.165) is 25.7 Å². The highest BCUT2D eigenvalue weighted by Gasteiger charge is 2.05. The van der Waals surface area contributed by atoms with Crippen molar-refractivity contribution in [2.24, 2.45) is 5.73 Å². The normalized spacial score (nSPS) is 10.2. The molecule has 2 aromatic carbocycles. The molecule has 0 aliphatic rings. The van der Waals surface area contributed by atoms with Gasteiger partial charge < -0.3 is 21.7 Å². The van der Waals surface area contributed by atoms with Gasteiger partial charge in [-0.3, -0.25) is 4.79 Å². The maximum absolute atomic E-state index is 12.0. The summed E-state index contributed by atoms with van der Waals surface area (Å²) in [6.07, 6.45) is 4.39. The SMILES string of the molecule is NCCCCCCC(=O)Nc1cccc(NC(=O)Nc2ccccc2)c1. The van der Waals surface area contributed by atoms with Crippen molar-refractivity contribution in [3.8, 4) is 0 Å². The van der Waals surface area contributed by atoms with Gasteiger partial charge in [-0.15, -0.1) is 0 Å². The summed E-state index contributed by atoms with van der Waals surface area (Å²) in [5.41, 5.74) is 7.43. The molecular formula is C20H26N4O2. The lowest BCUT2D eigenvalue weighted by Gasteiger charge is -2.10. The molecule has 0 heterocycles. The molecule has 0 atom stereocenters. The number of benzene rings is 2. The smallest absolute Gasteiger partial charge is 0.323 e. The van der Waals surface area contributed by atoms with Crippen LogP contribution in [-0.2, 0) is 4.79 Å². The molecule has 0 spiro atoms. The molecular weight excluding hydrogens is 328 g/mol. The van der Waals surface area contributed by atoms with E-state index in [1.807, 2.05) is 30.3 Å². The van der Waals surface area contributed by atoms with Crippen LogP contribution in [-0.4, -0.2) is 18.5 Å². The Hall–Kier alpha value is -2.86. The number of unbranched alkanes of at least 4 members (excludes halogenated alkanes) is 3. The van der Waals surface area contributed by atoms with Crippen molar-refractivity contribution >= 4 is 29.0 Å². The summed E-state index contributed by atoms with van der Waals surface area (Å²) < 4.78 is 0. The van der Waals surface area contributed by atoms with Crippen LogP contribution in [0.25, 0.3) is 0 Å². The number of carbonyl (C=O) groups excluding carboxylic acids is 2. The maximum atomic E-state index is 12.0. The highest BCUT2D eigenvalue weighted by Crippen LogP contribution is 2.16. The molecule has 0 unspecified atom stereocenters. The monoisotopic (exact) mass is 354 g/mol. The van der Waals surface area contributed by atoms with Crippen LogP contribution in [0.1, 0.15) is 32.1 Å². The summed E-state index contributed by atoms with van der Waals surface area (Å²) in [5, 5.41) is 8.37. The number of urea groups is 1. The Morgan fingerprint density at radius 1 is 0.731 bits per heavy atom. The first kappa shape index (κ1) is 19.5. The number of nitrogens with one attached hydrogen (secondary N) is 3. The van der Waals surface area contributed by atoms with Gasteiger partial charge in [-0.05, 0) is 49.7 Å². The molecule has 2 rings (SSSR count). The van der Waals surface area contributed by atoms with Crippen LogP contribution in [0.2, 0.25) is 0 Å². The van der Waals surface area contributed by atoms with E-state index in [0.29, 0.717) is 30.0 Å². The predicted octanol–water partition coefficient (Wildman–Crippen LogP) is 4.18. The van der Waals surface area contributed by atoms with Gasteiger partial charge in [0.25, 0.3) is 0 Å². The Bertz CT molecular complexity index is 704. The molecule has 0 aromatic heterocycles. The Kier molecular flexibility index (Phi) is 8.15. The lowest BCUT2D eigenvalue weighted by molar-refractivity contribution is -0.116. The quantitative estimate of drug-likeness (QED) is 0.509. The molecule has 6 nitrogen and oxygen atoms in total. The van der Waals surface area contributed by atoms with Crippen molar-refractivity contribution in [3.05, 3.63) is 54.6 Å². The lowest BCUT2D eigenvalue weighted by atomic mass is 10.1. The van der Waals surface area contributed by atoms with Gasteiger partial charge in [0.2, 0.25) is 5.91 Å². The zero-order valence-electron chi connectivity index (χ0n) is 14.8. The summed E-state index contributed by atoms with van der Waals surface area (Å²) >= 11 is 0. The van der Waals surface area contributed by atoms with Gasteiger partial charge in [-0.1, -0.05) is 37.1 Å². The summed E-state index contributed by atoms with van der Waals surface area (Å²) in [4.78, 5) is 24.0. The number of rotatable bonds is 9. The number of para-hydroxylation sites is 1. The second-order valence-electron chi connectivity index (χ2n) is 6.03. The average molecular weight is 354 g/mol. The molecule has 0 saturated carbocycles. The predicted molar refractivity (Wildman–Crippen MR) is 106 cm³/mol. The third-order valence-electron chi connectivity index (χ3n) is 3.79. The fourth-order valence-electron chi connectivity index (χ4n) is 2.50. The van der Waals surface area contributed by atoms with Gasteiger partial charge in [0.15, 0.2) is 0 Å². The maximum Gasteiger partial charge on any atom is 0.323 e. The summed E-state index contributed by atoms with van der Waals surface area (Å²) in [7, 11) is 0. The van der Waals surface area contributed by atoms with Crippen LogP contribution < -0.4 is 21.7 Å². The molecule has 0 bridgehead atoms. The molecule has 0 saturated heterocycles. The van der Waals surface area contributed by atoms with Crippen molar-refractivity contribution in [2.75, 3.05) is 22.5 Å². The van der Waals surface area contributed by atoms with Gasteiger partial charge >= 0.3 is 6.03 Å². The van der Waals surface area contributed by atoms with E-state index in [1.54, 1.807) is 24.3 Å². The van der Waals surface area contributed by atoms with E-state index < -0.39 is 0 Å². The lowest BCUT2D eigenvalue weighted by Crippen LogP contribution is -2.19. The third kappa shape index (κ3) is 7.36. The summed E-state index contributed by atoms with van der Waals surface area (Å²) in [6.45, 7) is 0.698. The zero-order valence-corrected chi connectivity index (χ0v) is 14.8. The number of hydrogen-bond donors (Lipinski definition) is 4. The van der Waals surface area contributed by atoms with E-state index in [-0.39, 0.29) is 11.9 Å². The highest BCUT2D eigenvalue weighted by atomic mass is 16.2. The second kappa shape index (κ2) is 10.9. The van der Waals surface area contributed by atoms with Gasteiger partial charge in [-0.2, -0.15) is 0 Å². The van der Waals surface area contributed by atoms with Gasteiger partial charge in [0, 0.05) is 23.5 Å². The molecule has 6 heteroatoms. The van der Waals surface area contributed by atoms with E-state index in [4.69, 9.17) is 5.73 Å². The molecule has 26 heavy (non-hydrogen) atoms. The molecule has 0 fully saturated rings. The largest absolute Gasteiger partial charge is 0.330 e. The number of nitrogens with two attached hydrogens (primary N) is 1. The number of hydrogen-bond acceptors (Lipinski definition) is 3. The molecule has 0 radical (unpaired) electrons. The molecule has 5 N–H and O–H groups in total. The van der Waals surface area contributed by atoms with E-state index >= 15 is 0 Å². The van der Waals surface area contributed by atoms with Crippen LogP contribution in [0.5, 0.6) is 0 Å². The average Bonchev–Trinajstić information content (AvgIpc) is 2.62. The molecule has 0 aliphatic heterocycles. The Morgan fingerprint density at radius 2 is 1.35 bits per heavy atom. The fraction of sp³-hybridized carbons (Fsp3) is 0.300. The molecule has 138 valence electrons. The first-order valence-corrected chi connectivity index (χ1v) is 8.90. The van der Waals surface area contributed by atoms with E-state index in [1.165, 1.54) is 0 Å². The van der Waals surface area contributed by atoms with Crippen molar-refractivity contribution in [1.29, 1.82) is 0 Å². The number of carbonyl (C=O) groups is 2. The van der Waals surface area contributed by atoms with Crippen LogP contribution >= 0.6 is 0 Å². The second-order valence-corrected chi connectivity index (χ2v) is 6.03. The van der Waals surface area contributed by atoms with Gasteiger partial charge in [0.1, 0.15) is 0 Å². The highest BCUT2D eigenvalue weighted by molar-refractivity contribution is 6.00. The summed E-state index contributed by atoms with van der Waals surface area (Å²) in [5.74, 6) is -0.0244. The summed E-state index contributed by atoms with van der Waals surface area (Å²) in [6, 6.07) is 16.0. The molecule has 3 amide bonds. The van der Waals surface area contributed by atoms with Crippen molar-refractivity contribution in [3.63, 3.8) is 0 Å². The number of anilines is 3. The topological polar surface area (TPSA) is 96.2 Å². The Labute approximate surface area is 154 Å². The van der Waals surface area contributed by atoms with Crippen LogP contribution in [0.4, 0.5) is 21.9 Å². The van der Waals surface area contributed by atoms with Crippen LogP contribution in [0.15, 0.2) is 54.6 Å². The number of amides is 3. The fourth-order valence-corrected chi connectivity index (χ4v) is 2.50. The molecule has 2 aromatic rings. The van der Waals surface area contributed by atoms with Gasteiger partial charge in [-0.25, -0.2) is 4.79 Å². The zero-order chi connectivity index (χ0) is 18.6. The van der Waals surface area contributed by atoms with E-state index in [9.17, 15) is 9.59 Å². The Morgan fingerprint density at radius 3 is 2.08 bits per heavy atom. The minimum Gasteiger partial charge on any atom is -0.330 e. The van der Waals surface area contributed by atoms with Crippen molar-refractivity contribution in [2.45, 2.75) is 32.1 Å². The first-order chi connectivity index (χ1) is 12.7. The third-order valence-corrected chi connectivity index (χ3v) is 3.79. The van der Waals surface area contributed by atoms with E-state index in [2.05, 4.69) is 16.0 Å². The van der Waals surface area contributed by atoms with Crippen molar-refractivity contribution in [1.82, 2.24) is 0 Å². The van der Waals surface area contributed by atoms with Crippen molar-refractivity contribution < 1.29 is 9.59 Å².